The minimum Gasteiger partial charge on any atom is -0.338 e. The van der Waals surface area contributed by atoms with Gasteiger partial charge in [-0.05, 0) is 31.9 Å². The molecule has 8 nitrogen and oxygen atoms in total. The Labute approximate surface area is 194 Å². The van der Waals surface area contributed by atoms with E-state index in [1.54, 1.807) is 30.3 Å². The molecule has 3 heterocycles. The molecule has 1 amide bonds. The van der Waals surface area contributed by atoms with Gasteiger partial charge in [-0.1, -0.05) is 30.3 Å². The quantitative estimate of drug-likeness (QED) is 0.499. The second-order valence-corrected chi connectivity index (χ2v) is 10.9. The largest absolute Gasteiger partial charge is 0.338 e. The van der Waals surface area contributed by atoms with Crippen LogP contribution in [0.2, 0.25) is 0 Å². The van der Waals surface area contributed by atoms with Gasteiger partial charge in [0.2, 0.25) is 5.91 Å². The highest BCUT2D eigenvalue weighted by Gasteiger charge is 2.31. The molecular weight excluding hydrogens is 438 g/mol. The van der Waals surface area contributed by atoms with Gasteiger partial charge in [0, 0.05) is 42.7 Å². The first kappa shape index (κ1) is 23.0. The van der Waals surface area contributed by atoms with Crippen molar-refractivity contribution < 1.29 is 13.2 Å². The van der Waals surface area contributed by atoms with Gasteiger partial charge in [0.1, 0.15) is 0 Å². The maximum atomic E-state index is 12.7. The van der Waals surface area contributed by atoms with E-state index < -0.39 is 9.84 Å². The van der Waals surface area contributed by atoms with Crippen molar-refractivity contribution in [3.05, 3.63) is 76.9 Å². The predicted octanol–water partition coefficient (Wildman–Crippen LogP) is 2.78. The molecule has 1 aromatic carbocycles. The average Bonchev–Trinajstić information content (AvgIpc) is 3.46. The highest BCUT2D eigenvalue weighted by Crippen LogP contribution is 2.27. The molecule has 0 saturated carbocycles. The minimum absolute atomic E-state index is 0.124. The maximum Gasteiger partial charge on any atom is 0.246 e. The van der Waals surface area contributed by atoms with Crippen molar-refractivity contribution in [1.82, 2.24) is 24.5 Å². The van der Waals surface area contributed by atoms with Crippen LogP contribution in [0, 0.1) is 13.8 Å². The van der Waals surface area contributed by atoms with Crippen LogP contribution < -0.4 is 0 Å². The van der Waals surface area contributed by atoms with Crippen LogP contribution in [0.3, 0.4) is 0 Å². The molecule has 1 unspecified atom stereocenters. The second kappa shape index (κ2) is 9.35. The average molecular weight is 468 g/mol. The Kier molecular flexibility index (Phi) is 6.51. The van der Waals surface area contributed by atoms with Gasteiger partial charge in [-0.25, -0.2) is 8.42 Å². The van der Waals surface area contributed by atoms with Crippen LogP contribution in [-0.4, -0.2) is 57.3 Å². The molecule has 4 rings (SSSR count). The molecule has 174 valence electrons. The van der Waals surface area contributed by atoms with Crippen LogP contribution in [0.4, 0.5) is 0 Å². The zero-order valence-electron chi connectivity index (χ0n) is 19.2. The van der Waals surface area contributed by atoms with Crippen molar-refractivity contribution in [1.29, 1.82) is 0 Å². The Hall–Kier alpha value is -3.20. The fourth-order valence-electron chi connectivity index (χ4n) is 4.18. The second-order valence-electron chi connectivity index (χ2n) is 8.64. The van der Waals surface area contributed by atoms with Crippen molar-refractivity contribution in [3.63, 3.8) is 0 Å². The first-order valence-corrected chi connectivity index (χ1v) is 12.8. The number of sulfone groups is 1. The summed E-state index contributed by atoms with van der Waals surface area (Å²) in [6.45, 7) is 4.92. The lowest BCUT2D eigenvalue weighted by Crippen LogP contribution is -2.24. The minimum atomic E-state index is -2.99. The molecule has 0 aliphatic carbocycles. The molecular formula is C24H29N5O3S. The molecule has 33 heavy (non-hydrogen) atoms. The number of benzene rings is 1. The lowest BCUT2D eigenvalue weighted by molar-refractivity contribution is -0.125. The highest BCUT2D eigenvalue weighted by atomic mass is 32.2. The molecule has 2 aromatic heterocycles. The van der Waals surface area contributed by atoms with Crippen LogP contribution in [0.25, 0.3) is 6.08 Å². The molecule has 1 saturated heterocycles. The summed E-state index contributed by atoms with van der Waals surface area (Å²) in [5, 5.41) is 8.95. The molecule has 1 fully saturated rings. The van der Waals surface area contributed by atoms with E-state index in [0.717, 1.165) is 28.1 Å². The van der Waals surface area contributed by atoms with Crippen LogP contribution in [0.15, 0.2) is 48.8 Å². The van der Waals surface area contributed by atoms with E-state index in [0.29, 0.717) is 19.5 Å². The van der Waals surface area contributed by atoms with Gasteiger partial charge >= 0.3 is 0 Å². The number of likely N-dealkylation sites (N-methyl/N-ethyl adjacent to an activating group) is 1. The number of carbonyl (C=O) groups is 1. The fraction of sp³-hybridized carbons (Fsp3) is 0.375. The molecule has 1 aliphatic rings. The highest BCUT2D eigenvalue weighted by molar-refractivity contribution is 7.91. The van der Waals surface area contributed by atoms with E-state index in [1.165, 1.54) is 0 Å². The number of hydrogen-bond donors (Lipinski definition) is 0. The van der Waals surface area contributed by atoms with E-state index in [9.17, 15) is 13.2 Å². The fourth-order valence-corrected chi connectivity index (χ4v) is 5.87. The molecule has 0 radical (unpaired) electrons. The third-order valence-corrected chi connectivity index (χ3v) is 7.81. The normalized spacial score (nSPS) is 17.6. The molecule has 0 spiro atoms. The van der Waals surface area contributed by atoms with E-state index in [-0.39, 0.29) is 23.5 Å². The van der Waals surface area contributed by atoms with E-state index in [1.807, 2.05) is 59.7 Å². The summed E-state index contributed by atoms with van der Waals surface area (Å²) in [6, 6.07) is 9.95. The Morgan fingerprint density at radius 3 is 2.70 bits per heavy atom. The van der Waals surface area contributed by atoms with Gasteiger partial charge in [0.05, 0.1) is 36.0 Å². The lowest BCUT2D eigenvalue weighted by Gasteiger charge is -2.16. The van der Waals surface area contributed by atoms with Crippen LogP contribution in [0.1, 0.15) is 40.5 Å². The van der Waals surface area contributed by atoms with Gasteiger partial charge in [-0.3, -0.25) is 14.2 Å². The summed E-state index contributed by atoms with van der Waals surface area (Å²) in [4.78, 5) is 14.3. The first-order chi connectivity index (χ1) is 15.7. The Morgan fingerprint density at radius 2 is 2.00 bits per heavy atom. The van der Waals surface area contributed by atoms with Crippen LogP contribution in [-0.2, 0) is 27.7 Å². The number of carbonyl (C=O) groups excluding carboxylic acids is 1. The molecule has 0 bridgehead atoms. The van der Waals surface area contributed by atoms with Gasteiger partial charge in [-0.15, -0.1) is 0 Å². The number of hydrogen-bond acceptors (Lipinski definition) is 5. The van der Waals surface area contributed by atoms with Crippen LogP contribution >= 0.6 is 0 Å². The zero-order valence-corrected chi connectivity index (χ0v) is 20.0. The van der Waals surface area contributed by atoms with E-state index >= 15 is 0 Å². The summed E-state index contributed by atoms with van der Waals surface area (Å²) >= 11 is 0. The maximum absolute atomic E-state index is 12.7. The number of nitrogens with zero attached hydrogens (tertiary/aromatic N) is 5. The summed E-state index contributed by atoms with van der Waals surface area (Å²) in [7, 11) is -1.24. The zero-order chi connectivity index (χ0) is 23.6. The first-order valence-electron chi connectivity index (χ1n) is 11.0. The Morgan fingerprint density at radius 1 is 1.24 bits per heavy atom. The third-order valence-electron chi connectivity index (χ3n) is 6.06. The molecule has 1 aliphatic heterocycles. The summed E-state index contributed by atoms with van der Waals surface area (Å²) in [6.07, 6.45) is 7.53. The molecule has 1 atom stereocenters. The van der Waals surface area contributed by atoms with E-state index in [4.69, 9.17) is 0 Å². The van der Waals surface area contributed by atoms with Crippen molar-refractivity contribution >= 4 is 21.8 Å². The smallest absolute Gasteiger partial charge is 0.246 e. The summed E-state index contributed by atoms with van der Waals surface area (Å²) in [5.41, 5.74) is 4.71. The van der Waals surface area contributed by atoms with Crippen molar-refractivity contribution in [2.75, 3.05) is 18.6 Å². The summed E-state index contributed by atoms with van der Waals surface area (Å²) in [5.74, 6) is 0.209. The monoisotopic (exact) mass is 467 g/mol. The standard InChI is InChI=1S/C24H29N5O3S/c1-18-23(19(2)29(26-18)22-11-12-33(31,32)17-22)16-27(3)24(30)10-9-21-13-25-28(15-21)14-20-7-5-4-6-8-20/h4-10,13,15,22H,11-12,14,16-17H2,1-3H3. The summed E-state index contributed by atoms with van der Waals surface area (Å²) < 4.78 is 27.4. The van der Waals surface area contributed by atoms with E-state index in [2.05, 4.69) is 10.2 Å². The molecule has 0 N–H and O–H groups in total. The van der Waals surface area contributed by atoms with Gasteiger partial charge < -0.3 is 4.90 Å². The van der Waals surface area contributed by atoms with Gasteiger partial charge in [-0.2, -0.15) is 10.2 Å². The molecule has 9 heteroatoms. The molecule has 3 aromatic rings. The Bertz CT molecular complexity index is 1270. The van der Waals surface area contributed by atoms with Gasteiger partial charge in [0.25, 0.3) is 0 Å². The Balaban J connectivity index is 1.39. The lowest BCUT2D eigenvalue weighted by atomic mass is 10.1. The number of aromatic nitrogens is 4. The number of amides is 1. The van der Waals surface area contributed by atoms with Crippen molar-refractivity contribution in [3.8, 4) is 0 Å². The van der Waals surface area contributed by atoms with Crippen LogP contribution in [0.5, 0.6) is 0 Å². The topological polar surface area (TPSA) is 90.1 Å². The van der Waals surface area contributed by atoms with Gasteiger partial charge in [0.15, 0.2) is 9.84 Å². The predicted molar refractivity (Wildman–Crippen MR) is 127 cm³/mol. The number of aryl methyl sites for hydroxylation is 1. The van der Waals surface area contributed by atoms with Crippen molar-refractivity contribution in [2.45, 2.75) is 39.4 Å². The third kappa shape index (κ3) is 5.42. The number of rotatable bonds is 7. The van der Waals surface area contributed by atoms with Crippen molar-refractivity contribution in [2.24, 2.45) is 0 Å². The SMILES string of the molecule is Cc1nn(C2CCS(=O)(=O)C2)c(C)c1CN(C)C(=O)C=Cc1cnn(Cc2ccccc2)c1.